The third-order valence-electron chi connectivity index (χ3n) is 0.885. The Labute approximate surface area is 74.8 Å². The fourth-order valence-corrected chi connectivity index (χ4v) is 0.470. The van der Waals surface area contributed by atoms with E-state index in [0.717, 1.165) is 0 Å². The molecule has 2 heteroatoms. The zero-order valence-electron chi connectivity index (χ0n) is 5.39. The van der Waals surface area contributed by atoms with Crippen molar-refractivity contribution in [2.45, 2.75) is 6.92 Å². The average Bonchev–Trinajstić information content (AvgIpc) is 1.69. The van der Waals surface area contributed by atoms with Gasteiger partial charge in [0.15, 0.2) is 0 Å². The summed E-state index contributed by atoms with van der Waals surface area (Å²) >= 11 is 0. The SMILES string of the molecule is Cc1cc[c-]cc1.[Cl-].[Zn+2]. The van der Waals surface area contributed by atoms with E-state index in [1.54, 1.807) is 0 Å². The van der Waals surface area contributed by atoms with E-state index in [-0.39, 0.29) is 31.9 Å². The first-order valence-corrected chi connectivity index (χ1v) is 2.32. The van der Waals surface area contributed by atoms with Gasteiger partial charge < -0.3 is 12.4 Å². The first kappa shape index (κ1) is 11.9. The van der Waals surface area contributed by atoms with Crippen LogP contribution in [0.5, 0.6) is 0 Å². The van der Waals surface area contributed by atoms with Crippen LogP contribution in [0.15, 0.2) is 24.3 Å². The summed E-state index contributed by atoms with van der Waals surface area (Å²) in [6, 6.07) is 10.8. The molecule has 0 aliphatic carbocycles. The van der Waals surface area contributed by atoms with Crippen molar-refractivity contribution in [3.8, 4) is 0 Å². The summed E-state index contributed by atoms with van der Waals surface area (Å²) in [5.41, 5.74) is 1.29. The maximum atomic E-state index is 2.93. The van der Waals surface area contributed by atoms with E-state index in [1.807, 2.05) is 24.3 Å². The average molecular weight is 192 g/mol. The second-order valence-corrected chi connectivity index (χ2v) is 1.58. The minimum absolute atomic E-state index is 0. The number of hydrogen-bond acceptors (Lipinski definition) is 0. The van der Waals surface area contributed by atoms with Crippen molar-refractivity contribution < 1.29 is 31.9 Å². The van der Waals surface area contributed by atoms with E-state index in [0.29, 0.717) is 0 Å². The van der Waals surface area contributed by atoms with Gasteiger partial charge in [-0.3, -0.25) is 0 Å². The zero-order valence-corrected chi connectivity index (χ0v) is 9.12. The van der Waals surface area contributed by atoms with Crippen LogP contribution in [-0.2, 0) is 19.5 Å². The first-order chi connectivity index (χ1) is 3.39. The molecular weight excluding hydrogens is 185 g/mol. The summed E-state index contributed by atoms with van der Waals surface area (Å²) in [6.45, 7) is 2.06. The van der Waals surface area contributed by atoms with E-state index in [2.05, 4.69) is 13.0 Å². The van der Waals surface area contributed by atoms with Crippen LogP contribution in [-0.4, -0.2) is 0 Å². The van der Waals surface area contributed by atoms with E-state index in [1.165, 1.54) is 5.56 Å². The fraction of sp³-hybridized carbons (Fsp3) is 0.143. The second kappa shape index (κ2) is 6.26. The predicted octanol–water partition coefficient (Wildman–Crippen LogP) is -1.20. The molecule has 0 amide bonds. The van der Waals surface area contributed by atoms with E-state index in [9.17, 15) is 0 Å². The molecule has 0 fully saturated rings. The van der Waals surface area contributed by atoms with Gasteiger partial charge in [0.1, 0.15) is 0 Å². The monoisotopic (exact) mass is 190 g/mol. The Morgan fingerprint density at radius 2 is 1.67 bits per heavy atom. The molecule has 0 bridgehead atoms. The van der Waals surface area contributed by atoms with Gasteiger partial charge in [-0.25, -0.2) is 0 Å². The number of aryl methyl sites for hydroxylation is 1. The molecule has 1 rings (SSSR count). The maximum Gasteiger partial charge on any atom is 2.00 e. The molecule has 0 saturated carbocycles. The van der Waals surface area contributed by atoms with Crippen molar-refractivity contribution in [3.63, 3.8) is 0 Å². The third-order valence-corrected chi connectivity index (χ3v) is 0.885. The minimum atomic E-state index is 0. The van der Waals surface area contributed by atoms with Gasteiger partial charge in [0.05, 0.1) is 0 Å². The van der Waals surface area contributed by atoms with Crippen LogP contribution in [0.2, 0.25) is 0 Å². The van der Waals surface area contributed by atoms with Gasteiger partial charge in [-0.2, -0.15) is 35.9 Å². The quantitative estimate of drug-likeness (QED) is 0.357. The Bertz CT molecular complexity index is 139. The largest absolute Gasteiger partial charge is 2.00 e. The number of benzene rings is 1. The summed E-state index contributed by atoms with van der Waals surface area (Å²) in [7, 11) is 0. The van der Waals surface area contributed by atoms with Crippen LogP contribution in [0, 0.1) is 13.0 Å². The summed E-state index contributed by atoms with van der Waals surface area (Å²) < 4.78 is 0. The van der Waals surface area contributed by atoms with Crippen LogP contribution in [0.3, 0.4) is 0 Å². The Kier molecular flexibility index (Phi) is 8.25. The molecule has 0 aromatic heterocycles. The summed E-state index contributed by atoms with van der Waals surface area (Å²) in [6.07, 6.45) is 0. The summed E-state index contributed by atoms with van der Waals surface area (Å²) in [5, 5.41) is 0. The maximum absolute atomic E-state index is 2.93. The molecule has 0 heterocycles. The topological polar surface area (TPSA) is 0 Å². The van der Waals surface area contributed by atoms with Crippen molar-refractivity contribution in [3.05, 3.63) is 35.9 Å². The number of halogens is 1. The van der Waals surface area contributed by atoms with Crippen molar-refractivity contribution in [1.29, 1.82) is 0 Å². The van der Waals surface area contributed by atoms with Crippen molar-refractivity contribution in [2.75, 3.05) is 0 Å². The Morgan fingerprint density at radius 3 is 1.89 bits per heavy atom. The molecule has 0 N–H and O–H groups in total. The number of rotatable bonds is 0. The van der Waals surface area contributed by atoms with E-state index < -0.39 is 0 Å². The molecule has 1 aromatic carbocycles. The molecule has 0 unspecified atom stereocenters. The van der Waals surface area contributed by atoms with Gasteiger partial charge in [-0.1, -0.05) is 6.92 Å². The van der Waals surface area contributed by atoms with Crippen molar-refractivity contribution in [1.82, 2.24) is 0 Å². The molecule has 0 nitrogen and oxygen atoms in total. The first-order valence-electron chi connectivity index (χ1n) is 2.32. The molecule has 0 radical (unpaired) electrons. The predicted molar refractivity (Wildman–Crippen MR) is 30.0 cm³/mol. The molecule has 0 saturated heterocycles. The van der Waals surface area contributed by atoms with Gasteiger partial charge in [0, 0.05) is 0 Å². The van der Waals surface area contributed by atoms with Gasteiger partial charge in [-0.15, -0.1) is 0 Å². The van der Waals surface area contributed by atoms with Crippen molar-refractivity contribution >= 4 is 0 Å². The molecular formula is C7H7ClZn. The molecule has 44 valence electrons. The van der Waals surface area contributed by atoms with Crippen LogP contribution in [0.4, 0.5) is 0 Å². The molecule has 0 spiro atoms. The Morgan fingerprint density at radius 1 is 1.22 bits per heavy atom. The van der Waals surface area contributed by atoms with Crippen LogP contribution in [0.1, 0.15) is 5.56 Å². The second-order valence-electron chi connectivity index (χ2n) is 1.58. The van der Waals surface area contributed by atoms with E-state index >= 15 is 0 Å². The molecule has 1 aromatic rings. The van der Waals surface area contributed by atoms with Gasteiger partial charge >= 0.3 is 19.5 Å². The van der Waals surface area contributed by atoms with Gasteiger partial charge in [-0.05, 0) is 0 Å². The summed E-state index contributed by atoms with van der Waals surface area (Å²) in [4.78, 5) is 0. The fourth-order valence-electron chi connectivity index (χ4n) is 0.470. The van der Waals surface area contributed by atoms with Crippen molar-refractivity contribution in [2.24, 2.45) is 0 Å². The van der Waals surface area contributed by atoms with E-state index in [4.69, 9.17) is 0 Å². The Balaban J connectivity index is 0. The van der Waals surface area contributed by atoms with Crippen LogP contribution >= 0.6 is 0 Å². The van der Waals surface area contributed by atoms with Crippen LogP contribution < -0.4 is 12.4 Å². The standard InChI is InChI=1S/C7H7.ClH.Zn/c1-7-5-3-2-4-6-7;;/h3-6H,1H3;1H;/q-1;;+2/p-1. The zero-order chi connectivity index (χ0) is 5.11. The summed E-state index contributed by atoms with van der Waals surface area (Å²) in [5.74, 6) is 0. The normalized spacial score (nSPS) is 6.78. The van der Waals surface area contributed by atoms with Crippen LogP contribution in [0.25, 0.3) is 0 Å². The molecule has 9 heavy (non-hydrogen) atoms. The molecule has 0 aliphatic rings. The van der Waals surface area contributed by atoms with Gasteiger partial charge in [0.25, 0.3) is 0 Å². The van der Waals surface area contributed by atoms with Gasteiger partial charge in [0.2, 0.25) is 0 Å². The third kappa shape index (κ3) is 4.63. The molecule has 0 atom stereocenters. The minimum Gasteiger partial charge on any atom is -1.00 e. The number of hydrogen-bond donors (Lipinski definition) is 0. The Hall–Kier alpha value is 0.133. The smallest absolute Gasteiger partial charge is 1.00 e. The molecule has 0 aliphatic heterocycles.